The van der Waals surface area contributed by atoms with E-state index >= 15 is 0 Å². The molecule has 26 heavy (non-hydrogen) atoms. The number of methoxy groups -OCH3 is 1. The van der Waals surface area contributed by atoms with Crippen LogP contribution >= 0.6 is 0 Å². The Bertz CT molecular complexity index is 528. The van der Waals surface area contributed by atoms with Crippen LogP contribution in [0.1, 0.15) is 50.1 Å². The van der Waals surface area contributed by atoms with Crippen molar-refractivity contribution in [3.05, 3.63) is 17.0 Å². The summed E-state index contributed by atoms with van der Waals surface area (Å²) < 4.78 is 12.7. The number of unbranched alkanes of at least 4 members (excludes halogenated alkanes) is 1. The minimum atomic E-state index is 0.618. The van der Waals surface area contributed by atoms with E-state index in [9.17, 15) is 0 Å². The van der Waals surface area contributed by atoms with Gasteiger partial charge in [0.15, 0.2) is 5.96 Å². The first-order valence-corrected chi connectivity index (χ1v) is 9.75. The lowest BCUT2D eigenvalue weighted by Gasteiger charge is -2.11. The molecule has 150 valence electrons. The molecule has 0 radical (unpaired) electrons. The average Bonchev–Trinajstić information content (AvgIpc) is 2.90. The van der Waals surface area contributed by atoms with Gasteiger partial charge in [-0.2, -0.15) is 5.10 Å². The Morgan fingerprint density at radius 1 is 1.12 bits per heavy atom. The summed E-state index contributed by atoms with van der Waals surface area (Å²) in [5.74, 6) is 0.837. The molecule has 0 bridgehead atoms. The molecule has 0 fully saturated rings. The van der Waals surface area contributed by atoms with Crippen molar-refractivity contribution in [2.24, 2.45) is 4.99 Å². The Hall–Kier alpha value is -1.60. The molecule has 0 atom stereocenters. The van der Waals surface area contributed by atoms with Gasteiger partial charge in [0.2, 0.25) is 0 Å². The summed E-state index contributed by atoms with van der Waals surface area (Å²) in [5, 5.41) is 11.3. The van der Waals surface area contributed by atoms with Crippen molar-refractivity contribution in [1.29, 1.82) is 0 Å². The minimum absolute atomic E-state index is 0.618. The normalized spacial score (nSPS) is 11.8. The Balaban J connectivity index is 2.51. The van der Waals surface area contributed by atoms with Crippen LogP contribution in [0.3, 0.4) is 0 Å². The molecule has 1 aromatic rings. The van der Waals surface area contributed by atoms with Crippen LogP contribution in [-0.4, -0.2) is 55.8 Å². The highest BCUT2D eigenvalue weighted by Crippen LogP contribution is 2.14. The molecule has 7 nitrogen and oxygen atoms in total. The van der Waals surface area contributed by atoms with Crippen molar-refractivity contribution in [2.45, 2.75) is 60.0 Å². The molecule has 0 saturated heterocycles. The topological polar surface area (TPSA) is 72.7 Å². The zero-order valence-electron chi connectivity index (χ0n) is 17.2. The standard InChI is InChI=1S/C19H37N5O2/c1-6-8-12-26-13-9-10-21-19(20-7-2)22-15-18-16(3)23-24(17(18)4)11-14-25-5/h6-15H2,1-5H3,(H2,20,21,22). The molecular weight excluding hydrogens is 330 g/mol. The van der Waals surface area contributed by atoms with Gasteiger partial charge in [-0.25, -0.2) is 4.99 Å². The molecule has 0 amide bonds. The lowest BCUT2D eigenvalue weighted by atomic mass is 10.2. The van der Waals surface area contributed by atoms with Gasteiger partial charge in [-0.15, -0.1) is 0 Å². The summed E-state index contributed by atoms with van der Waals surface area (Å²) in [6.45, 7) is 13.8. The number of aliphatic imine (C=N–C) groups is 1. The van der Waals surface area contributed by atoms with E-state index in [1.807, 2.05) is 11.6 Å². The quantitative estimate of drug-likeness (QED) is 0.318. The van der Waals surface area contributed by atoms with Crippen LogP contribution in [-0.2, 0) is 22.6 Å². The highest BCUT2D eigenvalue weighted by molar-refractivity contribution is 5.79. The number of rotatable bonds is 13. The first kappa shape index (κ1) is 22.4. The van der Waals surface area contributed by atoms with Crippen molar-refractivity contribution < 1.29 is 9.47 Å². The van der Waals surface area contributed by atoms with Crippen LogP contribution in [0.15, 0.2) is 4.99 Å². The molecule has 0 saturated carbocycles. The second kappa shape index (κ2) is 13.6. The van der Waals surface area contributed by atoms with Gasteiger partial charge in [0.25, 0.3) is 0 Å². The summed E-state index contributed by atoms with van der Waals surface area (Å²) in [5.41, 5.74) is 3.37. The van der Waals surface area contributed by atoms with Gasteiger partial charge in [0.1, 0.15) is 0 Å². The van der Waals surface area contributed by atoms with Crippen molar-refractivity contribution in [3.8, 4) is 0 Å². The zero-order valence-corrected chi connectivity index (χ0v) is 17.2. The molecule has 0 aliphatic carbocycles. The van der Waals surface area contributed by atoms with Crippen molar-refractivity contribution >= 4 is 5.96 Å². The Labute approximate surface area is 158 Å². The number of hydrogen-bond acceptors (Lipinski definition) is 4. The molecule has 7 heteroatoms. The second-order valence-corrected chi connectivity index (χ2v) is 6.31. The summed E-state index contributed by atoms with van der Waals surface area (Å²) in [7, 11) is 1.71. The van der Waals surface area contributed by atoms with E-state index < -0.39 is 0 Å². The Morgan fingerprint density at radius 2 is 1.88 bits per heavy atom. The van der Waals surface area contributed by atoms with E-state index in [2.05, 4.69) is 36.5 Å². The summed E-state index contributed by atoms with van der Waals surface area (Å²) in [6.07, 6.45) is 3.28. The third kappa shape index (κ3) is 8.19. The largest absolute Gasteiger partial charge is 0.383 e. The van der Waals surface area contributed by atoms with Crippen molar-refractivity contribution in [3.63, 3.8) is 0 Å². The number of nitrogens with one attached hydrogen (secondary N) is 2. The number of nitrogens with zero attached hydrogens (tertiary/aromatic N) is 3. The van der Waals surface area contributed by atoms with Gasteiger partial charge in [-0.05, 0) is 33.6 Å². The van der Waals surface area contributed by atoms with Gasteiger partial charge in [-0.3, -0.25) is 4.68 Å². The number of hydrogen-bond donors (Lipinski definition) is 2. The predicted octanol–water partition coefficient (Wildman–Crippen LogP) is 2.41. The third-order valence-electron chi connectivity index (χ3n) is 4.18. The monoisotopic (exact) mass is 367 g/mol. The highest BCUT2D eigenvalue weighted by atomic mass is 16.5. The molecule has 2 N–H and O–H groups in total. The number of guanidine groups is 1. The molecular formula is C19H37N5O2. The van der Waals surface area contributed by atoms with Crippen molar-refractivity contribution in [2.75, 3.05) is 40.0 Å². The van der Waals surface area contributed by atoms with Crippen LogP contribution in [0.25, 0.3) is 0 Å². The van der Waals surface area contributed by atoms with E-state index in [1.54, 1.807) is 7.11 Å². The number of ether oxygens (including phenoxy) is 2. The number of aryl methyl sites for hydroxylation is 1. The predicted molar refractivity (Wildman–Crippen MR) is 107 cm³/mol. The Morgan fingerprint density at radius 3 is 2.58 bits per heavy atom. The maximum Gasteiger partial charge on any atom is 0.191 e. The first-order chi connectivity index (χ1) is 12.6. The average molecular weight is 368 g/mol. The van der Waals surface area contributed by atoms with Gasteiger partial charge >= 0.3 is 0 Å². The molecule has 0 aliphatic heterocycles. The van der Waals surface area contributed by atoms with Crippen LogP contribution in [0.4, 0.5) is 0 Å². The molecule has 1 heterocycles. The maximum absolute atomic E-state index is 5.59. The van der Waals surface area contributed by atoms with Gasteiger partial charge in [-0.1, -0.05) is 13.3 Å². The molecule has 0 unspecified atom stereocenters. The molecule has 0 aliphatic rings. The smallest absolute Gasteiger partial charge is 0.191 e. The highest BCUT2D eigenvalue weighted by Gasteiger charge is 2.11. The molecule has 1 rings (SSSR count). The van der Waals surface area contributed by atoms with Crippen LogP contribution in [0.2, 0.25) is 0 Å². The zero-order chi connectivity index (χ0) is 19.2. The van der Waals surface area contributed by atoms with Crippen LogP contribution < -0.4 is 10.6 Å². The number of aromatic nitrogens is 2. The lowest BCUT2D eigenvalue weighted by molar-refractivity contribution is 0.129. The van der Waals surface area contributed by atoms with E-state index in [0.29, 0.717) is 13.2 Å². The van der Waals surface area contributed by atoms with Crippen molar-refractivity contribution in [1.82, 2.24) is 20.4 Å². The van der Waals surface area contributed by atoms with E-state index in [1.165, 1.54) is 12.0 Å². The fraction of sp³-hybridized carbons (Fsp3) is 0.789. The van der Waals surface area contributed by atoms with Crippen LogP contribution in [0.5, 0.6) is 0 Å². The fourth-order valence-electron chi connectivity index (χ4n) is 2.59. The van der Waals surface area contributed by atoms with Gasteiger partial charge in [0, 0.05) is 44.7 Å². The molecule has 1 aromatic heterocycles. The third-order valence-corrected chi connectivity index (χ3v) is 4.18. The van der Waals surface area contributed by atoms with E-state index in [0.717, 1.165) is 63.0 Å². The second-order valence-electron chi connectivity index (χ2n) is 6.31. The summed E-state index contributed by atoms with van der Waals surface area (Å²) in [4.78, 5) is 4.72. The SMILES string of the molecule is CCCCOCCCNC(=NCc1c(C)nn(CCOC)c1C)NCC. The van der Waals surface area contributed by atoms with Gasteiger partial charge < -0.3 is 20.1 Å². The fourth-order valence-corrected chi connectivity index (χ4v) is 2.59. The lowest BCUT2D eigenvalue weighted by Crippen LogP contribution is -2.38. The minimum Gasteiger partial charge on any atom is -0.383 e. The van der Waals surface area contributed by atoms with Crippen LogP contribution in [0, 0.1) is 13.8 Å². The molecule has 0 spiro atoms. The molecule has 0 aromatic carbocycles. The van der Waals surface area contributed by atoms with Gasteiger partial charge in [0.05, 0.1) is 25.4 Å². The summed E-state index contributed by atoms with van der Waals surface area (Å²) >= 11 is 0. The Kier molecular flexibility index (Phi) is 11.7. The first-order valence-electron chi connectivity index (χ1n) is 9.75. The van der Waals surface area contributed by atoms with E-state index in [-0.39, 0.29) is 0 Å². The summed E-state index contributed by atoms with van der Waals surface area (Å²) in [6, 6.07) is 0. The maximum atomic E-state index is 5.59. The van der Waals surface area contributed by atoms with E-state index in [4.69, 9.17) is 14.5 Å².